The lowest BCUT2D eigenvalue weighted by molar-refractivity contribution is -0.189. The molecule has 5 heteroatoms. The fourth-order valence-corrected chi connectivity index (χ4v) is 3.47. The highest BCUT2D eigenvalue weighted by atomic mass is 16.5. The maximum Gasteiger partial charge on any atom is 0.111 e. The van der Waals surface area contributed by atoms with E-state index in [2.05, 4.69) is 19.2 Å². The van der Waals surface area contributed by atoms with Gasteiger partial charge in [0.05, 0.1) is 12.7 Å². The molecule has 5 nitrogen and oxygen atoms in total. The summed E-state index contributed by atoms with van der Waals surface area (Å²) >= 11 is 0. The summed E-state index contributed by atoms with van der Waals surface area (Å²) in [6.07, 6.45) is 10.5. The Morgan fingerprint density at radius 1 is 0.880 bits per heavy atom. The number of aliphatic hydroxyl groups excluding tert-OH is 3. The van der Waals surface area contributed by atoms with Crippen LogP contribution in [-0.4, -0.2) is 58.9 Å². The van der Waals surface area contributed by atoms with E-state index in [4.69, 9.17) is 4.74 Å². The van der Waals surface area contributed by atoms with Crippen molar-refractivity contribution >= 4 is 0 Å². The molecule has 4 N–H and O–H groups in total. The van der Waals surface area contributed by atoms with Crippen molar-refractivity contribution in [2.45, 2.75) is 115 Å². The van der Waals surface area contributed by atoms with Gasteiger partial charge in [-0.05, 0) is 26.3 Å². The second kappa shape index (κ2) is 13.9. The van der Waals surface area contributed by atoms with Crippen molar-refractivity contribution in [3.05, 3.63) is 0 Å². The van der Waals surface area contributed by atoms with Gasteiger partial charge in [-0.25, -0.2) is 0 Å². The number of unbranched alkanes of at least 4 members (excludes halogenated alkanes) is 9. The first-order valence-electron chi connectivity index (χ1n) is 10.5. The molecule has 1 saturated heterocycles. The van der Waals surface area contributed by atoms with Crippen LogP contribution in [0.25, 0.3) is 0 Å². The molecule has 0 aromatic rings. The van der Waals surface area contributed by atoms with Gasteiger partial charge in [-0.15, -0.1) is 0 Å². The lowest BCUT2D eigenvalue weighted by atomic mass is 9.95. The fraction of sp³-hybridized carbons (Fsp3) is 1.00. The number of nitrogens with one attached hydrogen (secondary N) is 1. The topological polar surface area (TPSA) is 82.0 Å². The lowest BCUT2D eigenvalue weighted by Gasteiger charge is -2.36. The van der Waals surface area contributed by atoms with Gasteiger partial charge in [0.15, 0.2) is 0 Å². The number of aliphatic hydroxyl groups is 3. The molecule has 25 heavy (non-hydrogen) atoms. The van der Waals surface area contributed by atoms with E-state index in [9.17, 15) is 15.3 Å². The third kappa shape index (κ3) is 9.90. The molecule has 1 aliphatic heterocycles. The summed E-state index contributed by atoms with van der Waals surface area (Å²) in [7, 11) is 0. The summed E-state index contributed by atoms with van der Waals surface area (Å²) in [6, 6.07) is 0.223. The van der Waals surface area contributed by atoms with Crippen LogP contribution in [0.1, 0.15) is 84.5 Å². The van der Waals surface area contributed by atoms with E-state index in [1.54, 1.807) is 0 Å². The highest BCUT2D eigenvalue weighted by molar-refractivity contribution is 4.88. The summed E-state index contributed by atoms with van der Waals surface area (Å²) in [5.41, 5.74) is 0. The van der Waals surface area contributed by atoms with Crippen molar-refractivity contribution < 1.29 is 20.1 Å². The minimum absolute atomic E-state index is 0.0913. The van der Waals surface area contributed by atoms with Crippen LogP contribution in [0, 0.1) is 0 Å². The standard InChI is InChI=1S/C20H41NO4/c1-3-4-5-6-7-8-9-10-11-12-13-21-16(2)14-18-20(24)19(23)17(22)15-25-18/h16-24H,3-15H2,1-2H3. The Balaban J connectivity index is 1.94. The quantitative estimate of drug-likeness (QED) is 0.359. The molecule has 0 aliphatic carbocycles. The first kappa shape index (κ1) is 22.8. The van der Waals surface area contributed by atoms with Crippen LogP contribution >= 0.6 is 0 Å². The van der Waals surface area contributed by atoms with Crippen molar-refractivity contribution in [3.63, 3.8) is 0 Å². The second-order valence-corrected chi connectivity index (χ2v) is 7.69. The first-order chi connectivity index (χ1) is 12.1. The van der Waals surface area contributed by atoms with Crippen LogP contribution < -0.4 is 5.32 Å². The predicted molar refractivity (Wildman–Crippen MR) is 102 cm³/mol. The number of hydrogen-bond acceptors (Lipinski definition) is 5. The summed E-state index contributed by atoms with van der Waals surface area (Å²) in [6.45, 7) is 5.40. The second-order valence-electron chi connectivity index (χ2n) is 7.69. The Morgan fingerprint density at radius 3 is 2.04 bits per heavy atom. The molecule has 150 valence electrons. The van der Waals surface area contributed by atoms with E-state index >= 15 is 0 Å². The number of ether oxygens (including phenoxy) is 1. The molecule has 1 fully saturated rings. The Hall–Kier alpha value is -0.200. The van der Waals surface area contributed by atoms with Crippen LogP contribution in [-0.2, 0) is 4.74 Å². The highest BCUT2D eigenvalue weighted by Crippen LogP contribution is 2.19. The number of hydrogen-bond donors (Lipinski definition) is 4. The Morgan fingerprint density at radius 2 is 1.44 bits per heavy atom. The highest BCUT2D eigenvalue weighted by Gasteiger charge is 2.37. The van der Waals surface area contributed by atoms with Crippen LogP contribution in [0.5, 0.6) is 0 Å². The van der Waals surface area contributed by atoms with E-state index in [-0.39, 0.29) is 12.6 Å². The first-order valence-corrected chi connectivity index (χ1v) is 10.5. The lowest BCUT2D eigenvalue weighted by Crippen LogP contribution is -2.54. The molecule has 0 radical (unpaired) electrons. The minimum atomic E-state index is -1.10. The van der Waals surface area contributed by atoms with Gasteiger partial charge < -0.3 is 25.4 Å². The van der Waals surface area contributed by atoms with Gasteiger partial charge in [0.1, 0.15) is 18.3 Å². The molecule has 1 rings (SSSR count). The average Bonchev–Trinajstić information content (AvgIpc) is 2.60. The Kier molecular flexibility index (Phi) is 12.7. The number of rotatable bonds is 14. The van der Waals surface area contributed by atoms with Gasteiger partial charge in [-0.1, -0.05) is 64.7 Å². The van der Waals surface area contributed by atoms with Gasteiger partial charge in [-0.3, -0.25) is 0 Å². The molecule has 0 aromatic heterocycles. The maximum atomic E-state index is 9.95. The van der Waals surface area contributed by atoms with E-state index in [0.717, 1.165) is 6.54 Å². The average molecular weight is 360 g/mol. The fourth-order valence-electron chi connectivity index (χ4n) is 3.47. The zero-order valence-corrected chi connectivity index (χ0v) is 16.3. The zero-order valence-electron chi connectivity index (χ0n) is 16.3. The van der Waals surface area contributed by atoms with Crippen LogP contribution in [0.2, 0.25) is 0 Å². The van der Waals surface area contributed by atoms with E-state index in [0.29, 0.717) is 6.42 Å². The molecule has 0 amide bonds. The monoisotopic (exact) mass is 359 g/mol. The molecule has 1 aliphatic rings. The van der Waals surface area contributed by atoms with Gasteiger partial charge in [0.25, 0.3) is 0 Å². The zero-order chi connectivity index (χ0) is 18.5. The summed E-state index contributed by atoms with van der Waals surface area (Å²) in [4.78, 5) is 0. The third-order valence-electron chi connectivity index (χ3n) is 5.22. The van der Waals surface area contributed by atoms with E-state index in [1.165, 1.54) is 64.2 Å². The summed E-state index contributed by atoms with van der Waals surface area (Å²) in [5.74, 6) is 0. The van der Waals surface area contributed by atoms with E-state index < -0.39 is 24.4 Å². The molecule has 0 aromatic carbocycles. The maximum absolute atomic E-state index is 9.95. The van der Waals surface area contributed by atoms with Gasteiger partial charge >= 0.3 is 0 Å². The smallest absolute Gasteiger partial charge is 0.111 e. The third-order valence-corrected chi connectivity index (χ3v) is 5.22. The molecular formula is C20H41NO4. The van der Waals surface area contributed by atoms with Crippen molar-refractivity contribution in [2.75, 3.05) is 13.2 Å². The minimum Gasteiger partial charge on any atom is -0.388 e. The summed E-state index contributed by atoms with van der Waals surface area (Å²) < 4.78 is 5.45. The van der Waals surface area contributed by atoms with Crippen LogP contribution in [0.4, 0.5) is 0 Å². The van der Waals surface area contributed by atoms with Crippen molar-refractivity contribution in [3.8, 4) is 0 Å². The Labute approximate surface area is 154 Å². The van der Waals surface area contributed by atoms with Gasteiger partial charge in [0, 0.05) is 6.04 Å². The predicted octanol–water partition coefficient (Wildman–Crippen LogP) is 2.76. The molecule has 0 spiro atoms. The molecule has 1 heterocycles. The molecular weight excluding hydrogens is 318 g/mol. The summed E-state index contributed by atoms with van der Waals surface area (Å²) in [5, 5.41) is 32.6. The Bertz CT molecular complexity index is 316. The SMILES string of the molecule is CCCCCCCCCCCCNC(C)CC1OCC(O)C(O)C1O. The van der Waals surface area contributed by atoms with Crippen LogP contribution in [0.3, 0.4) is 0 Å². The molecule has 0 saturated carbocycles. The van der Waals surface area contributed by atoms with Gasteiger partial charge in [-0.2, -0.15) is 0 Å². The van der Waals surface area contributed by atoms with Crippen molar-refractivity contribution in [2.24, 2.45) is 0 Å². The normalized spacial score (nSPS) is 28.2. The van der Waals surface area contributed by atoms with Crippen LogP contribution in [0.15, 0.2) is 0 Å². The molecule has 5 atom stereocenters. The van der Waals surface area contributed by atoms with E-state index in [1.807, 2.05) is 0 Å². The largest absolute Gasteiger partial charge is 0.388 e. The molecule has 5 unspecified atom stereocenters. The van der Waals surface area contributed by atoms with Gasteiger partial charge in [0.2, 0.25) is 0 Å². The molecule has 0 bridgehead atoms. The van der Waals surface area contributed by atoms with Crippen molar-refractivity contribution in [1.29, 1.82) is 0 Å². The van der Waals surface area contributed by atoms with Crippen molar-refractivity contribution in [1.82, 2.24) is 5.32 Å².